The lowest BCUT2D eigenvalue weighted by Crippen LogP contribution is -2.38. The number of rotatable bonds is 5. The molecular formula is C20H32N2O2. The molecule has 2 aliphatic rings. The van der Waals surface area contributed by atoms with Crippen LogP contribution in [0.15, 0.2) is 18.2 Å². The van der Waals surface area contributed by atoms with E-state index in [1.165, 1.54) is 24.8 Å². The SMILES string of the molecule is COc1c(OC2CCN(C)CC2)cccc1C1(CN)CCCCC1. The Balaban J connectivity index is 1.85. The Labute approximate surface area is 146 Å². The quantitative estimate of drug-likeness (QED) is 0.898. The molecule has 0 radical (unpaired) electrons. The Bertz CT molecular complexity index is 532. The zero-order valence-electron chi connectivity index (χ0n) is 15.2. The van der Waals surface area contributed by atoms with Gasteiger partial charge in [0, 0.05) is 30.6 Å². The van der Waals surface area contributed by atoms with Crippen LogP contribution in [0.3, 0.4) is 0 Å². The molecule has 1 heterocycles. The van der Waals surface area contributed by atoms with Gasteiger partial charge in [0.15, 0.2) is 11.5 Å². The molecule has 0 bridgehead atoms. The molecule has 0 aromatic heterocycles. The zero-order chi connectivity index (χ0) is 17.0. The second kappa shape index (κ2) is 7.75. The van der Waals surface area contributed by atoms with Crippen LogP contribution in [-0.4, -0.2) is 44.8 Å². The Hall–Kier alpha value is -1.26. The molecule has 0 amide bonds. The summed E-state index contributed by atoms with van der Waals surface area (Å²) in [5, 5.41) is 0. The number of ether oxygens (including phenoxy) is 2. The summed E-state index contributed by atoms with van der Waals surface area (Å²) >= 11 is 0. The van der Waals surface area contributed by atoms with Crippen LogP contribution in [0.25, 0.3) is 0 Å². The van der Waals surface area contributed by atoms with Crippen molar-refractivity contribution in [2.24, 2.45) is 5.73 Å². The molecule has 1 saturated heterocycles. The largest absolute Gasteiger partial charge is 0.493 e. The fourth-order valence-electron chi connectivity index (χ4n) is 4.33. The molecule has 1 aliphatic carbocycles. The van der Waals surface area contributed by atoms with Gasteiger partial charge in [-0.15, -0.1) is 0 Å². The van der Waals surface area contributed by atoms with Gasteiger partial charge in [0.25, 0.3) is 0 Å². The molecule has 1 aromatic rings. The summed E-state index contributed by atoms with van der Waals surface area (Å²) in [5.41, 5.74) is 7.54. The molecule has 0 atom stereocenters. The lowest BCUT2D eigenvalue weighted by molar-refractivity contribution is 0.110. The lowest BCUT2D eigenvalue weighted by Gasteiger charge is -2.38. The Morgan fingerprint density at radius 2 is 1.88 bits per heavy atom. The van der Waals surface area contributed by atoms with Crippen LogP contribution in [0.1, 0.15) is 50.5 Å². The average molecular weight is 332 g/mol. The molecule has 1 saturated carbocycles. The topological polar surface area (TPSA) is 47.7 Å². The van der Waals surface area contributed by atoms with Gasteiger partial charge in [-0.2, -0.15) is 0 Å². The highest BCUT2D eigenvalue weighted by molar-refractivity contribution is 5.50. The maximum absolute atomic E-state index is 6.35. The van der Waals surface area contributed by atoms with E-state index >= 15 is 0 Å². The van der Waals surface area contributed by atoms with Gasteiger partial charge < -0.3 is 20.1 Å². The van der Waals surface area contributed by atoms with Gasteiger partial charge in [0.1, 0.15) is 6.10 Å². The van der Waals surface area contributed by atoms with Crippen LogP contribution < -0.4 is 15.2 Å². The summed E-state index contributed by atoms with van der Waals surface area (Å²) in [6.45, 7) is 2.87. The first-order chi connectivity index (χ1) is 11.7. The van der Waals surface area contributed by atoms with Crippen molar-refractivity contribution in [2.45, 2.75) is 56.5 Å². The molecular weight excluding hydrogens is 300 g/mol. The summed E-state index contributed by atoms with van der Waals surface area (Å²) in [5.74, 6) is 1.80. The number of nitrogens with two attached hydrogens (primary N) is 1. The molecule has 134 valence electrons. The predicted molar refractivity (Wildman–Crippen MR) is 98.0 cm³/mol. The van der Waals surface area contributed by atoms with Crippen LogP contribution in [0.2, 0.25) is 0 Å². The maximum atomic E-state index is 6.35. The number of methoxy groups -OCH3 is 1. The smallest absolute Gasteiger partial charge is 0.164 e. The van der Waals surface area contributed by atoms with Crippen LogP contribution in [-0.2, 0) is 5.41 Å². The van der Waals surface area contributed by atoms with Crippen molar-refractivity contribution in [1.29, 1.82) is 0 Å². The summed E-state index contributed by atoms with van der Waals surface area (Å²) in [4.78, 5) is 2.36. The first-order valence-electron chi connectivity index (χ1n) is 9.41. The minimum atomic E-state index is 0.0513. The number of para-hydroxylation sites is 1. The van der Waals surface area contributed by atoms with Gasteiger partial charge in [0.05, 0.1) is 7.11 Å². The van der Waals surface area contributed by atoms with Crippen LogP contribution in [0.4, 0.5) is 0 Å². The van der Waals surface area contributed by atoms with Gasteiger partial charge in [-0.05, 0) is 38.8 Å². The zero-order valence-corrected chi connectivity index (χ0v) is 15.2. The average Bonchev–Trinajstić information content (AvgIpc) is 2.64. The van der Waals surface area contributed by atoms with Gasteiger partial charge in [0.2, 0.25) is 0 Å². The second-order valence-electron chi connectivity index (χ2n) is 7.50. The summed E-state index contributed by atoms with van der Waals surface area (Å²) in [7, 11) is 3.93. The normalized spacial score (nSPS) is 22.3. The van der Waals surface area contributed by atoms with E-state index in [0.29, 0.717) is 6.54 Å². The van der Waals surface area contributed by atoms with E-state index in [1.54, 1.807) is 7.11 Å². The highest BCUT2D eigenvalue weighted by atomic mass is 16.5. The monoisotopic (exact) mass is 332 g/mol. The third kappa shape index (κ3) is 3.55. The van der Waals surface area contributed by atoms with Crippen LogP contribution >= 0.6 is 0 Å². The molecule has 24 heavy (non-hydrogen) atoms. The standard InChI is InChI=1S/C20H32N2O2/c1-22-13-9-16(10-14-22)24-18-8-6-7-17(19(18)23-2)20(15-21)11-4-3-5-12-20/h6-8,16H,3-5,9-15,21H2,1-2H3. The van der Waals surface area contributed by atoms with E-state index in [-0.39, 0.29) is 11.5 Å². The maximum Gasteiger partial charge on any atom is 0.164 e. The Morgan fingerprint density at radius 1 is 1.17 bits per heavy atom. The number of hydrogen-bond acceptors (Lipinski definition) is 4. The van der Waals surface area contributed by atoms with E-state index in [0.717, 1.165) is 50.3 Å². The first-order valence-corrected chi connectivity index (χ1v) is 9.41. The van der Waals surface area contributed by atoms with E-state index < -0.39 is 0 Å². The third-order valence-corrected chi connectivity index (χ3v) is 5.92. The Kier molecular flexibility index (Phi) is 5.67. The highest BCUT2D eigenvalue weighted by Crippen LogP contribution is 2.46. The Morgan fingerprint density at radius 3 is 2.50 bits per heavy atom. The van der Waals surface area contributed by atoms with E-state index in [9.17, 15) is 0 Å². The van der Waals surface area contributed by atoms with Crippen molar-refractivity contribution >= 4 is 0 Å². The molecule has 2 N–H and O–H groups in total. The predicted octanol–water partition coefficient (Wildman–Crippen LogP) is 3.33. The lowest BCUT2D eigenvalue weighted by atomic mass is 9.69. The fraction of sp³-hybridized carbons (Fsp3) is 0.700. The van der Waals surface area contributed by atoms with Gasteiger partial charge in [-0.1, -0.05) is 31.4 Å². The van der Waals surface area contributed by atoms with Gasteiger partial charge in [-0.25, -0.2) is 0 Å². The van der Waals surface area contributed by atoms with Crippen molar-refractivity contribution in [2.75, 3.05) is 33.8 Å². The molecule has 2 fully saturated rings. The molecule has 0 unspecified atom stereocenters. The molecule has 0 spiro atoms. The molecule has 1 aliphatic heterocycles. The van der Waals surface area contributed by atoms with Crippen molar-refractivity contribution in [3.05, 3.63) is 23.8 Å². The van der Waals surface area contributed by atoms with E-state index in [2.05, 4.69) is 24.1 Å². The number of hydrogen-bond donors (Lipinski definition) is 1. The minimum absolute atomic E-state index is 0.0513. The van der Waals surface area contributed by atoms with Crippen LogP contribution in [0.5, 0.6) is 11.5 Å². The van der Waals surface area contributed by atoms with Crippen molar-refractivity contribution in [1.82, 2.24) is 4.90 Å². The van der Waals surface area contributed by atoms with Crippen molar-refractivity contribution in [3.8, 4) is 11.5 Å². The van der Waals surface area contributed by atoms with Crippen molar-refractivity contribution < 1.29 is 9.47 Å². The van der Waals surface area contributed by atoms with E-state index in [4.69, 9.17) is 15.2 Å². The highest BCUT2D eigenvalue weighted by Gasteiger charge is 2.36. The molecule has 4 nitrogen and oxygen atoms in total. The van der Waals surface area contributed by atoms with Crippen LogP contribution in [0, 0.1) is 0 Å². The number of benzene rings is 1. The number of likely N-dealkylation sites (tertiary alicyclic amines) is 1. The van der Waals surface area contributed by atoms with E-state index in [1.807, 2.05) is 6.07 Å². The molecule has 4 heteroatoms. The summed E-state index contributed by atoms with van der Waals surface area (Å²) in [6, 6.07) is 6.35. The second-order valence-corrected chi connectivity index (χ2v) is 7.50. The fourth-order valence-corrected chi connectivity index (χ4v) is 4.33. The number of piperidine rings is 1. The summed E-state index contributed by atoms with van der Waals surface area (Å²) in [6.07, 6.45) is 8.55. The first kappa shape index (κ1) is 17.6. The third-order valence-electron chi connectivity index (χ3n) is 5.92. The minimum Gasteiger partial charge on any atom is -0.493 e. The molecule has 1 aromatic carbocycles. The number of nitrogens with zero attached hydrogens (tertiary/aromatic N) is 1. The molecule has 3 rings (SSSR count). The van der Waals surface area contributed by atoms with Gasteiger partial charge in [-0.3, -0.25) is 0 Å². The van der Waals surface area contributed by atoms with Crippen molar-refractivity contribution in [3.63, 3.8) is 0 Å². The summed E-state index contributed by atoms with van der Waals surface area (Å²) < 4.78 is 12.2. The van der Waals surface area contributed by atoms with Gasteiger partial charge >= 0.3 is 0 Å².